The Hall–Kier alpha value is -9.13. The van der Waals surface area contributed by atoms with Crippen molar-refractivity contribution < 1.29 is 73.7 Å². The Morgan fingerprint density at radius 2 is 0.936 bits per heavy atom. The lowest BCUT2D eigenvalue weighted by Gasteiger charge is -2.37. The average Bonchev–Trinajstić information content (AvgIpc) is 0.990. The smallest absolute Gasteiger partial charge is 0.497 e. The first kappa shape index (κ1) is 77.6. The van der Waals surface area contributed by atoms with E-state index >= 15 is 9.13 Å². The van der Waals surface area contributed by atoms with Crippen LogP contribution in [0.15, 0.2) is 165 Å². The second-order valence-corrected chi connectivity index (χ2v) is 31.5. The zero-order valence-corrected chi connectivity index (χ0v) is 64.4. The summed E-state index contributed by atoms with van der Waals surface area (Å²) in [4.78, 5) is 39.5. The van der Waals surface area contributed by atoms with Gasteiger partial charge in [-0.2, -0.15) is 5.26 Å². The summed E-state index contributed by atoms with van der Waals surface area (Å²) in [5, 5.41) is 9.71. The summed E-state index contributed by atoms with van der Waals surface area (Å²) in [5.74, 6) is 1.35. The maximum Gasteiger partial charge on any atom is 0.530 e. The van der Waals surface area contributed by atoms with Gasteiger partial charge in [0.15, 0.2) is 34.4 Å². The van der Waals surface area contributed by atoms with Gasteiger partial charge in [0.05, 0.1) is 88.3 Å². The quantitative estimate of drug-likeness (QED) is 0.0195. The maximum absolute atomic E-state index is 16.5. The Morgan fingerprint density at radius 1 is 0.545 bits per heavy atom. The predicted octanol–water partition coefficient (Wildman–Crippen LogP) is 13.3. The van der Waals surface area contributed by atoms with Crippen LogP contribution in [0.25, 0.3) is 33.5 Å². The molecule has 9 heterocycles. The lowest BCUT2D eigenvalue weighted by Crippen LogP contribution is -2.38. The van der Waals surface area contributed by atoms with Gasteiger partial charge in [-0.1, -0.05) is 102 Å². The molecule has 3 aliphatic rings. The minimum absolute atomic E-state index is 0.0399. The summed E-state index contributed by atoms with van der Waals surface area (Å²) in [6.45, 7) is 6.56. The van der Waals surface area contributed by atoms with Gasteiger partial charge in [-0.3, -0.25) is 31.8 Å². The summed E-state index contributed by atoms with van der Waals surface area (Å²) < 4.78 is 132. The molecule has 0 amide bonds. The first-order valence-corrected chi connectivity index (χ1v) is 39.8. The Kier molecular flexibility index (Phi) is 23.9. The molecule has 33 nitrogen and oxygen atoms in total. The number of nitrogen functional groups attached to an aromatic ring is 3. The van der Waals surface area contributed by atoms with Gasteiger partial charge in [0.1, 0.15) is 113 Å². The van der Waals surface area contributed by atoms with E-state index in [9.17, 15) is 5.26 Å². The lowest BCUT2D eigenvalue weighted by atomic mass is 9.80. The zero-order chi connectivity index (χ0) is 76.8. The normalized spacial score (nSPS) is 21.6. The highest BCUT2D eigenvalue weighted by Gasteiger charge is 2.51. The number of aromatic nitrogens is 12. The minimum Gasteiger partial charge on any atom is -0.497 e. The number of hydrogen-bond acceptors (Lipinski definition) is 30. The van der Waals surface area contributed by atoms with Gasteiger partial charge in [-0.25, -0.2) is 58.7 Å². The maximum atomic E-state index is 16.5. The largest absolute Gasteiger partial charge is 0.530 e. The Balaban J connectivity index is 0.824. The zero-order valence-electron chi connectivity index (χ0n) is 60.2. The number of para-hydroxylation sites is 2. The minimum atomic E-state index is -5.15. The fraction of sp³-hybridized carbons (Fsp3) is 0.361. The van der Waals surface area contributed by atoms with E-state index in [4.69, 9.17) is 105 Å². The molecule has 3 aliphatic heterocycles. The van der Waals surface area contributed by atoms with Gasteiger partial charge in [-0.05, 0) is 92.9 Å². The van der Waals surface area contributed by atoms with Gasteiger partial charge in [0.25, 0.3) is 8.53 Å². The van der Waals surface area contributed by atoms with Crippen LogP contribution in [0, 0.1) is 11.3 Å². The van der Waals surface area contributed by atoms with Crippen LogP contribution in [0.1, 0.15) is 88.8 Å². The highest BCUT2D eigenvalue weighted by Crippen LogP contribution is 2.59. The summed E-state index contributed by atoms with van der Waals surface area (Å²) >= 11 is 13.7. The van der Waals surface area contributed by atoms with Crippen molar-refractivity contribution in [2.75, 3.05) is 57.8 Å². The van der Waals surface area contributed by atoms with E-state index in [0.29, 0.717) is 45.0 Å². The molecule has 14 rings (SSSR count). The van der Waals surface area contributed by atoms with Crippen molar-refractivity contribution in [3.63, 3.8) is 0 Å². The van der Waals surface area contributed by atoms with Crippen LogP contribution in [0.3, 0.4) is 0 Å². The first-order valence-electron chi connectivity index (χ1n) is 35.0. The van der Waals surface area contributed by atoms with Crippen LogP contribution < -0.4 is 35.7 Å². The second-order valence-electron chi connectivity index (χ2n) is 26.2. The Morgan fingerprint density at radius 3 is 1.35 bits per heavy atom. The predicted molar refractivity (Wildman–Crippen MR) is 404 cm³/mol. The molecule has 3 unspecified atom stereocenters. The van der Waals surface area contributed by atoms with E-state index in [0.717, 1.165) is 5.56 Å². The van der Waals surface area contributed by atoms with Crippen molar-refractivity contribution in [1.82, 2.24) is 63.2 Å². The highest BCUT2D eigenvalue weighted by atomic mass is 35.5. The lowest BCUT2D eigenvalue weighted by molar-refractivity contribution is -0.0936. The molecule has 6 N–H and O–H groups in total. The van der Waals surface area contributed by atoms with Crippen molar-refractivity contribution in [1.29, 1.82) is 5.26 Å². The standard InChI is InChI=1S/C72H78Cl2N17O16P3/c1-43(2)91(44(3)4)108(97-30-14-29-75)103-54-31-60(88-40-85-63-66(76)79-37-82-69(63)88)101-58(54)35-98-109(92,104-52-19-12-10-17-50(52)73)107-56-33-62(90-42-87-65-68(78)81-39-84-71(65)90)102-59(56)36-99-110(93,105-53-20-13-11-18-51(53)74)106-55-32-61(89-41-86-64-67(77)80-38-83-70(64)89)100-57(55)34-96-72(45-15-8-7-9-16-45,46-21-25-48(94-5)26-22-46)47-23-27-49(95-6)28-24-47/h7-13,15-28,37-44,54-62H,14,30-36H2,1-6H3,(H2,76,79,82)(H2,77,80,83)(H2,78,81,84)/t54-,55-,56-,57+,58+,59+,60+,61+,62+,108?,109?,110?/m0/s1. The molecule has 0 spiro atoms. The molecule has 3 saturated heterocycles. The number of methoxy groups -OCH3 is 2. The highest BCUT2D eigenvalue weighted by molar-refractivity contribution is 7.49. The molecule has 12 atom stereocenters. The molecule has 11 aromatic rings. The van der Waals surface area contributed by atoms with Gasteiger partial charge in [0.2, 0.25) is 0 Å². The molecular formula is C72H78Cl2N17O16P3. The third-order valence-electron chi connectivity index (χ3n) is 18.6. The Labute approximate surface area is 642 Å². The number of phosphoric acid groups is 2. The third kappa shape index (κ3) is 16.6. The number of benzene rings is 5. The monoisotopic (exact) mass is 1600 g/mol. The molecular weight excluding hydrogens is 1520 g/mol. The third-order valence-corrected chi connectivity index (χ3v) is 24.2. The van der Waals surface area contributed by atoms with Crippen molar-refractivity contribution in [3.8, 4) is 29.1 Å². The number of ether oxygens (including phenoxy) is 6. The topological polar surface area (TPSA) is 399 Å². The van der Waals surface area contributed by atoms with Crippen LogP contribution >= 0.6 is 47.4 Å². The fourth-order valence-corrected chi connectivity index (χ4v) is 18.5. The molecule has 0 radical (unpaired) electrons. The number of halogens is 2. The van der Waals surface area contributed by atoms with Gasteiger partial charge in [0, 0.05) is 31.3 Å². The number of anilines is 3. The molecule has 38 heteroatoms. The second kappa shape index (κ2) is 33.8. The molecule has 110 heavy (non-hydrogen) atoms. The molecule has 3 fully saturated rings. The van der Waals surface area contributed by atoms with Crippen LogP contribution in [0.5, 0.6) is 23.0 Å². The number of fused-ring (bicyclic) bond motifs is 3. The Bertz CT molecular complexity index is 5100. The van der Waals surface area contributed by atoms with Gasteiger partial charge in [-0.15, -0.1) is 0 Å². The fourth-order valence-electron chi connectivity index (χ4n) is 13.4. The number of nitrogens with two attached hydrogens (primary N) is 3. The summed E-state index contributed by atoms with van der Waals surface area (Å²) in [6.07, 6.45) is -1.69. The average molecular weight is 1600 g/mol. The van der Waals surface area contributed by atoms with E-state index in [-0.39, 0.29) is 101 Å². The number of hydrogen-bond donors (Lipinski definition) is 3. The number of nitrogens with zero attached hydrogens (tertiary/aromatic N) is 14. The van der Waals surface area contributed by atoms with E-state index < -0.39 is 98.3 Å². The first-order chi connectivity index (χ1) is 53.2. The molecule has 0 aliphatic carbocycles. The van der Waals surface area contributed by atoms with Gasteiger partial charge < -0.3 is 63.7 Å². The number of rotatable bonds is 33. The molecule has 5 aromatic carbocycles. The van der Waals surface area contributed by atoms with Crippen LogP contribution in [0.4, 0.5) is 17.5 Å². The van der Waals surface area contributed by atoms with Gasteiger partial charge >= 0.3 is 15.6 Å². The van der Waals surface area contributed by atoms with Crippen molar-refractivity contribution in [2.24, 2.45) is 0 Å². The van der Waals surface area contributed by atoms with Crippen LogP contribution in [0.2, 0.25) is 10.0 Å². The molecule has 0 bridgehead atoms. The number of imidazole rings is 3. The summed E-state index contributed by atoms with van der Waals surface area (Å²) in [6, 6.07) is 39.2. The summed E-state index contributed by atoms with van der Waals surface area (Å²) in [5.41, 5.74) is 21.5. The van der Waals surface area contributed by atoms with E-state index in [2.05, 4.69) is 55.6 Å². The van der Waals surface area contributed by atoms with Crippen molar-refractivity contribution >= 4 is 98.3 Å². The molecule has 6 aromatic heterocycles. The SMILES string of the molecule is COc1ccc(C(OC[C@H]2O[C@@H](n3cnc4c(N)ncnc43)C[C@@H]2OP(=O)(OC[C@H]2O[C@@H](n3cnc4c(N)ncnc43)C[C@@H]2OP(=O)(OC[C@H]2O[C@@H](n3cnc4c(N)ncnc43)C[C@@H]2OP(OCCC#N)N(C(C)C)C(C)C)Oc2ccccc2Cl)Oc2ccccc2Cl)(c2ccccc2)c2ccc(OC)cc2)cc1. The van der Waals surface area contributed by atoms with E-state index in [1.807, 2.05) is 107 Å². The number of nitriles is 1. The molecule has 0 saturated carbocycles. The molecule has 576 valence electrons. The van der Waals surface area contributed by atoms with Crippen LogP contribution in [-0.4, -0.2) is 153 Å². The van der Waals surface area contributed by atoms with Crippen LogP contribution in [-0.2, 0) is 60.8 Å². The van der Waals surface area contributed by atoms with E-state index in [1.54, 1.807) is 52.2 Å². The summed E-state index contributed by atoms with van der Waals surface area (Å²) in [7, 11) is -9.00. The van der Waals surface area contributed by atoms with E-state index in [1.165, 1.54) is 62.2 Å². The van der Waals surface area contributed by atoms with Crippen molar-refractivity contribution in [2.45, 2.75) is 126 Å². The number of phosphoric ester groups is 2. The van der Waals surface area contributed by atoms with Crippen molar-refractivity contribution in [3.05, 3.63) is 192 Å².